The molecule has 0 heterocycles. The summed E-state index contributed by atoms with van der Waals surface area (Å²) in [6.45, 7) is 2.35. The number of carboxylic acids is 1. The fourth-order valence-electron chi connectivity index (χ4n) is 2.84. The van der Waals surface area contributed by atoms with Gasteiger partial charge in [-0.2, -0.15) is 0 Å². The summed E-state index contributed by atoms with van der Waals surface area (Å²) in [5.74, 6) is -7.06. The average molecular weight is 481 g/mol. The third kappa shape index (κ3) is 5.39. The van der Waals surface area contributed by atoms with Crippen molar-refractivity contribution in [1.82, 2.24) is 0 Å². The minimum atomic E-state index is -1.21. The summed E-state index contributed by atoms with van der Waals surface area (Å²) >= 11 is 0. The molecule has 13 heteroatoms. The lowest BCUT2D eigenvalue weighted by Gasteiger charge is -2.21. The van der Waals surface area contributed by atoms with Crippen molar-refractivity contribution in [3.05, 3.63) is 34.9 Å². The molecule has 2 aromatic rings. The van der Waals surface area contributed by atoms with Crippen molar-refractivity contribution in [2.24, 2.45) is 5.92 Å². The van der Waals surface area contributed by atoms with Crippen LogP contribution >= 0.6 is 0 Å². The Bertz CT molecular complexity index is 1110. The first-order chi connectivity index (χ1) is 15.9. The maximum atomic E-state index is 12.7. The Balaban J connectivity index is 2.69. The van der Waals surface area contributed by atoms with Gasteiger partial charge in [0.25, 0.3) is 0 Å². The molecule has 13 nitrogen and oxygen atoms in total. The van der Waals surface area contributed by atoms with Crippen molar-refractivity contribution < 1.29 is 59.1 Å². The van der Waals surface area contributed by atoms with E-state index < -0.39 is 69.7 Å². The molecule has 0 aliphatic carbocycles. The van der Waals surface area contributed by atoms with E-state index in [-0.39, 0.29) is 11.5 Å². The normalized spacial score (nSPS) is 11.4. The fourth-order valence-corrected chi connectivity index (χ4v) is 2.84. The minimum absolute atomic E-state index is 0.275. The van der Waals surface area contributed by atoms with Crippen LogP contribution in [0.4, 0.5) is 5.69 Å². The summed E-state index contributed by atoms with van der Waals surface area (Å²) < 4.78 is 20.4. The van der Waals surface area contributed by atoms with Crippen LogP contribution in [0.25, 0.3) is 0 Å². The number of phenolic OH excluding ortho intramolecular Hbond substituents is 2. The van der Waals surface area contributed by atoms with Gasteiger partial charge in [-0.3, -0.25) is 15.2 Å². The number of aromatic hydroxyl groups is 2. The first-order valence-electron chi connectivity index (χ1n) is 9.54. The van der Waals surface area contributed by atoms with E-state index in [9.17, 15) is 35.0 Å². The maximum Gasteiger partial charge on any atom is 0.345 e. The van der Waals surface area contributed by atoms with Gasteiger partial charge in [-0.05, 0) is 31.5 Å². The van der Waals surface area contributed by atoms with Gasteiger partial charge in [-0.1, -0.05) is 0 Å². The molecule has 0 amide bonds. The van der Waals surface area contributed by atoms with Crippen LogP contribution < -0.4 is 14.7 Å². The van der Waals surface area contributed by atoms with Gasteiger partial charge in [0.1, 0.15) is 35.0 Å². The molecule has 0 bridgehead atoms. The number of anilines is 1. The Morgan fingerprint density at radius 2 is 1.62 bits per heavy atom. The number of carbonyl (C=O) groups excluding carboxylic acids is 2. The number of esters is 2. The highest BCUT2D eigenvalue weighted by atomic mass is 16.8. The van der Waals surface area contributed by atoms with E-state index in [2.05, 4.69) is 4.74 Å². The number of hydrogen-bond acceptors (Lipinski definition) is 12. The summed E-state index contributed by atoms with van der Waals surface area (Å²) in [5.41, 5.74) is -1.62. The molecule has 0 fully saturated rings. The van der Waals surface area contributed by atoms with E-state index in [4.69, 9.17) is 19.3 Å². The maximum absolute atomic E-state index is 12.7. The van der Waals surface area contributed by atoms with Gasteiger partial charge < -0.3 is 34.3 Å². The van der Waals surface area contributed by atoms with Gasteiger partial charge in [-0.25, -0.2) is 9.59 Å². The number of hydrogen-bond donors (Lipinski definition) is 5. The molecule has 0 saturated carbocycles. The Morgan fingerprint density at radius 1 is 0.971 bits per heavy atom. The van der Waals surface area contributed by atoms with Crippen molar-refractivity contribution in [3.63, 3.8) is 0 Å². The fraction of sp³-hybridized carbons (Fsp3) is 0.286. The van der Waals surface area contributed by atoms with E-state index in [1.165, 1.54) is 19.1 Å². The smallest absolute Gasteiger partial charge is 0.345 e. The Kier molecular flexibility index (Phi) is 8.11. The molecule has 2 aromatic carbocycles. The number of aryl methyl sites for hydroxylation is 1. The van der Waals surface area contributed by atoms with Crippen LogP contribution in [0, 0.1) is 12.8 Å². The third-order valence-electron chi connectivity index (χ3n) is 4.54. The minimum Gasteiger partial charge on any atom is -0.507 e. The van der Waals surface area contributed by atoms with Crippen LogP contribution in [0.3, 0.4) is 0 Å². The van der Waals surface area contributed by atoms with Crippen LogP contribution in [0.5, 0.6) is 28.7 Å². The molecule has 1 unspecified atom stereocenters. The Hall–Kier alpha value is -4.23. The predicted molar refractivity (Wildman–Crippen MR) is 112 cm³/mol. The Labute approximate surface area is 192 Å². The van der Waals surface area contributed by atoms with Crippen molar-refractivity contribution in [3.8, 4) is 28.7 Å². The summed E-state index contributed by atoms with van der Waals surface area (Å²) in [6, 6.07) is 3.41. The van der Waals surface area contributed by atoms with Gasteiger partial charge in [-0.15, -0.1) is 5.23 Å². The van der Waals surface area contributed by atoms with E-state index >= 15 is 0 Å². The summed E-state index contributed by atoms with van der Waals surface area (Å²) in [7, 11) is 2.14. The molecule has 2 rings (SSSR count). The molecule has 5 N–H and O–H groups in total. The summed E-state index contributed by atoms with van der Waals surface area (Å²) in [5, 5.41) is 48.0. The zero-order chi connectivity index (χ0) is 25.7. The van der Waals surface area contributed by atoms with Crippen LogP contribution in [-0.2, 0) is 14.3 Å². The number of aliphatic carboxylic acids is 1. The molecule has 0 aromatic heterocycles. The summed E-state index contributed by atoms with van der Waals surface area (Å²) in [6.07, 6.45) is 0. The second-order valence-corrected chi connectivity index (χ2v) is 7.03. The highest BCUT2D eigenvalue weighted by Crippen LogP contribution is 2.47. The molecular formula is C21H23NO12. The molecule has 184 valence electrons. The van der Waals surface area contributed by atoms with E-state index in [0.29, 0.717) is 5.56 Å². The zero-order valence-corrected chi connectivity index (χ0v) is 18.6. The first kappa shape index (κ1) is 26.0. The molecule has 0 radical (unpaired) electrons. The largest absolute Gasteiger partial charge is 0.507 e. The molecule has 0 spiro atoms. The molecule has 0 aliphatic rings. The van der Waals surface area contributed by atoms with Crippen molar-refractivity contribution in [2.75, 3.05) is 26.1 Å². The lowest BCUT2D eigenvalue weighted by Crippen LogP contribution is -2.20. The van der Waals surface area contributed by atoms with Gasteiger partial charge in [0.15, 0.2) is 17.2 Å². The SMILES string of the molecule is COC(=O)c1c(Oc2cc(C)cc(O)c2C(=O)OCC(C)C(=O)O)c(OC)cc(O)c1N(O)O. The van der Waals surface area contributed by atoms with Crippen LogP contribution in [0.1, 0.15) is 33.2 Å². The molecule has 1 atom stereocenters. The Morgan fingerprint density at radius 3 is 2.15 bits per heavy atom. The monoisotopic (exact) mass is 481 g/mol. The second-order valence-electron chi connectivity index (χ2n) is 7.03. The van der Waals surface area contributed by atoms with Gasteiger partial charge in [0.05, 0.1) is 20.1 Å². The summed E-state index contributed by atoms with van der Waals surface area (Å²) in [4.78, 5) is 36.1. The molecule has 0 saturated heterocycles. The molecule has 34 heavy (non-hydrogen) atoms. The lowest BCUT2D eigenvalue weighted by molar-refractivity contribution is -0.142. The number of rotatable bonds is 9. The topological polar surface area (TPSA) is 193 Å². The zero-order valence-electron chi connectivity index (χ0n) is 18.6. The second kappa shape index (κ2) is 10.6. The quantitative estimate of drug-likeness (QED) is 0.259. The van der Waals surface area contributed by atoms with Crippen LogP contribution in [0.15, 0.2) is 18.2 Å². The number of phenols is 2. The number of benzene rings is 2. The van der Waals surface area contributed by atoms with Crippen molar-refractivity contribution in [2.45, 2.75) is 13.8 Å². The van der Waals surface area contributed by atoms with Crippen molar-refractivity contribution in [1.29, 1.82) is 0 Å². The number of nitrogens with zero attached hydrogens (tertiary/aromatic N) is 1. The first-order valence-corrected chi connectivity index (χ1v) is 9.54. The third-order valence-corrected chi connectivity index (χ3v) is 4.54. The van der Waals surface area contributed by atoms with E-state index in [0.717, 1.165) is 20.3 Å². The highest BCUT2D eigenvalue weighted by molar-refractivity contribution is 6.02. The average Bonchev–Trinajstić information content (AvgIpc) is 2.76. The number of ether oxygens (including phenoxy) is 4. The van der Waals surface area contributed by atoms with E-state index in [1.807, 2.05) is 0 Å². The predicted octanol–water partition coefficient (Wildman–Crippen LogP) is 2.46. The standard InChI is InChI=1S/C21H23NO12/c1-9-5-11(23)15(21(28)33-8-10(2)19(25)26)13(6-9)34-18-14(31-3)7-12(24)17(22(29)30)16(18)20(27)32-4/h5-7,10,23-24,29-30H,8H2,1-4H3,(H,25,26). The molecular weight excluding hydrogens is 458 g/mol. The van der Waals surface area contributed by atoms with Gasteiger partial charge in [0.2, 0.25) is 0 Å². The van der Waals surface area contributed by atoms with E-state index in [1.54, 1.807) is 6.92 Å². The van der Waals surface area contributed by atoms with Gasteiger partial charge >= 0.3 is 17.9 Å². The van der Waals surface area contributed by atoms with Crippen molar-refractivity contribution >= 4 is 23.6 Å². The number of carboxylic acid groups (broad SMARTS) is 1. The molecule has 0 aliphatic heterocycles. The number of methoxy groups -OCH3 is 2. The van der Waals surface area contributed by atoms with Crippen LogP contribution in [-0.4, -0.2) is 64.5 Å². The number of carbonyl (C=O) groups is 3. The van der Waals surface area contributed by atoms with Crippen LogP contribution in [0.2, 0.25) is 0 Å². The lowest BCUT2D eigenvalue weighted by atomic mass is 10.1. The highest BCUT2D eigenvalue weighted by Gasteiger charge is 2.31. The van der Waals surface area contributed by atoms with Gasteiger partial charge in [0, 0.05) is 6.07 Å².